The Labute approximate surface area is 111 Å². The number of fused-ring (bicyclic) bond motifs is 1. The van der Waals surface area contributed by atoms with E-state index in [0.29, 0.717) is 12.0 Å². The van der Waals surface area contributed by atoms with Crippen LogP contribution in [0.3, 0.4) is 0 Å². The second-order valence-corrected chi connectivity index (χ2v) is 5.23. The van der Waals surface area contributed by atoms with Crippen molar-refractivity contribution in [2.45, 2.75) is 44.6 Å². The number of likely N-dealkylation sites (N-methyl/N-ethyl adjacent to an activating group) is 1. The Morgan fingerprint density at radius 1 is 1.39 bits per heavy atom. The Morgan fingerprint density at radius 2 is 2.22 bits per heavy atom. The first-order valence-electron chi connectivity index (χ1n) is 7.15. The molecule has 2 nitrogen and oxygen atoms in total. The predicted octanol–water partition coefficient (Wildman–Crippen LogP) is 3.12. The smallest absolute Gasteiger partial charge is 0.0616 e. The summed E-state index contributed by atoms with van der Waals surface area (Å²) in [7, 11) is 1.79. The third-order valence-electron chi connectivity index (χ3n) is 3.92. The van der Waals surface area contributed by atoms with Crippen LogP contribution in [0.2, 0.25) is 0 Å². The van der Waals surface area contributed by atoms with Crippen molar-refractivity contribution in [1.29, 1.82) is 0 Å². The van der Waals surface area contributed by atoms with Gasteiger partial charge in [0.05, 0.1) is 6.61 Å². The van der Waals surface area contributed by atoms with Crippen molar-refractivity contribution in [2.75, 3.05) is 20.3 Å². The largest absolute Gasteiger partial charge is 0.383 e. The summed E-state index contributed by atoms with van der Waals surface area (Å²) >= 11 is 0. The molecular formula is C16H25NO. The molecule has 0 aromatic heterocycles. The number of benzene rings is 1. The maximum Gasteiger partial charge on any atom is 0.0616 e. The SMILES string of the molecule is CCNC(COC)CC1CCCc2ccccc21. The van der Waals surface area contributed by atoms with E-state index in [0.717, 1.165) is 13.2 Å². The van der Waals surface area contributed by atoms with Crippen molar-refractivity contribution < 1.29 is 4.74 Å². The average Bonchev–Trinajstić information content (AvgIpc) is 2.40. The number of nitrogens with one attached hydrogen (secondary N) is 1. The summed E-state index contributed by atoms with van der Waals surface area (Å²) in [6, 6.07) is 9.43. The topological polar surface area (TPSA) is 21.3 Å². The molecule has 100 valence electrons. The molecule has 1 aromatic rings. The van der Waals surface area contributed by atoms with Crippen LogP contribution in [0.15, 0.2) is 24.3 Å². The molecular weight excluding hydrogens is 222 g/mol. The van der Waals surface area contributed by atoms with Crippen LogP contribution in [-0.4, -0.2) is 26.3 Å². The normalized spacial score (nSPS) is 20.4. The van der Waals surface area contributed by atoms with Gasteiger partial charge in [-0.3, -0.25) is 0 Å². The van der Waals surface area contributed by atoms with Gasteiger partial charge in [-0.25, -0.2) is 0 Å². The van der Waals surface area contributed by atoms with E-state index in [2.05, 4.69) is 36.5 Å². The zero-order valence-electron chi connectivity index (χ0n) is 11.6. The van der Waals surface area contributed by atoms with Crippen LogP contribution in [0.25, 0.3) is 0 Å². The van der Waals surface area contributed by atoms with Gasteiger partial charge in [0.2, 0.25) is 0 Å². The Kier molecular flexibility index (Phi) is 5.21. The van der Waals surface area contributed by atoms with Crippen LogP contribution >= 0.6 is 0 Å². The Hall–Kier alpha value is -0.860. The lowest BCUT2D eigenvalue weighted by Gasteiger charge is -2.29. The van der Waals surface area contributed by atoms with E-state index >= 15 is 0 Å². The lowest BCUT2D eigenvalue weighted by atomic mass is 9.79. The highest BCUT2D eigenvalue weighted by atomic mass is 16.5. The van der Waals surface area contributed by atoms with E-state index in [-0.39, 0.29) is 0 Å². The molecule has 0 heterocycles. The van der Waals surface area contributed by atoms with E-state index in [4.69, 9.17) is 4.74 Å². The minimum atomic E-state index is 0.483. The fourth-order valence-corrected chi connectivity index (χ4v) is 3.14. The summed E-state index contributed by atoms with van der Waals surface area (Å²) in [5.74, 6) is 0.703. The van der Waals surface area contributed by atoms with E-state index in [1.54, 1.807) is 18.2 Å². The van der Waals surface area contributed by atoms with Gasteiger partial charge < -0.3 is 10.1 Å². The average molecular weight is 247 g/mol. The fourth-order valence-electron chi connectivity index (χ4n) is 3.14. The van der Waals surface area contributed by atoms with Gasteiger partial charge in [0.25, 0.3) is 0 Å². The van der Waals surface area contributed by atoms with Crippen molar-refractivity contribution >= 4 is 0 Å². The third kappa shape index (κ3) is 3.33. The van der Waals surface area contributed by atoms with Gasteiger partial charge in [-0.15, -0.1) is 0 Å². The second-order valence-electron chi connectivity index (χ2n) is 5.23. The first-order valence-corrected chi connectivity index (χ1v) is 7.15. The third-order valence-corrected chi connectivity index (χ3v) is 3.92. The summed E-state index contributed by atoms with van der Waals surface area (Å²) in [6.45, 7) is 3.99. The monoisotopic (exact) mass is 247 g/mol. The highest BCUT2D eigenvalue weighted by molar-refractivity contribution is 5.32. The molecule has 18 heavy (non-hydrogen) atoms. The highest BCUT2D eigenvalue weighted by Gasteiger charge is 2.22. The minimum Gasteiger partial charge on any atom is -0.383 e. The van der Waals surface area contributed by atoms with Crippen molar-refractivity contribution in [3.8, 4) is 0 Å². The van der Waals surface area contributed by atoms with Crippen molar-refractivity contribution in [3.05, 3.63) is 35.4 Å². The van der Waals surface area contributed by atoms with E-state index < -0.39 is 0 Å². The lowest BCUT2D eigenvalue weighted by Crippen LogP contribution is -2.35. The van der Waals surface area contributed by atoms with Crippen molar-refractivity contribution in [1.82, 2.24) is 5.32 Å². The minimum absolute atomic E-state index is 0.483. The van der Waals surface area contributed by atoms with Gasteiger partial charge >= 0.3 is 0 Å². The van der Waals surface area contributed by atoms with E-state index in [1.807, 2.05) is 0 Å². The molecule has 1 N–H and O–H groups in total. The van der Waals surface area contributed by atoms with Crippen molar-refractivity contribution in [2.24, 2.45) is 0 Å². The number of aryl methyl sites for hydroxylation is 1. The number of hydrogen-bond donors (Lipinski definition) is 1. The van der Waals surface area contributed by atoms with Crippen LogP contribution in [0.4, 0.5) is 0 Å². The Balaban J connectivity index is 2.05. The van der Waals surface area contributed by atoms with Crippen LogP contribution in [0.5, 0.6) is 0 Å². The predicted molar refractivity (Wildman–Crippen MR) is 76.1 cm³/mol. The molecule has 0 saturated carbocycles. The van der Waals surface area contributed by atoms with Gasteiger partial charge in [0.15, 0.2) is 0 Å². The molecule has 2 unspecified atom stereocenters. The fraction of sp³-hybridized carbons (Fsp3) is 0.625. The molecule has 0 radical (unpaired) electrons. The van der Waals surface area contributed by atoms with E-state index in [9.17, 15) is 0 Å². The zero-order chi connectivity index (χ0) is 12.8. The van der Waals surface area contributed by atoms with Gasteiger partial charge in [-0.2, -0.15) is 0 Å². The summed E-state index contributed by atoms with van der Waals surface area (Å²) in [6.07, 6.45) is 5.09. The molecule has 1 aliphatic rings. The van der Waals surface area contributed by atoms with Crippen molar-refractivity contribution in [3.63, 3.8) is 0 Å². The Bertz CT molecular complexity index is 358. The maximum atomic E-state index is 5.32. The van der Waals surface area contributed by atoms with E-state index in [1.165, 1.54) is 25.7 Å². The highest BCUT2D eigenvalue weighted by Crippen LogP contribution is 2.34. The molecule has 1 aromatic carbocycles. The number of ether oxygens (including phenoxy) is 1. The van der Waals surface area contributed by atoms with Crippen LogP contribution < -0.4 is 5.32 Å². The number of hydrogen-bond acceptors (Lipinski definition) is 2. The van der Waals surface area contributed by atoms with Gasteiger partial charge in [0.1, 0.15) is 0 Å². The van der Waals surface area contributed by atoms with Crippen LogP contribution in [-0.2, 0) is 11.2 Å². The summed E-state index contributed by atoms with van der Waals surface area (Å²) < 4.78 is 5.32. The first kappa shape index (κ1) is 13.6. The molecule has 0 spiro atoms. The molecule has 2 rings (SSSR count). The van der Waals surface area contributed by atoms with Crippen LogP contribution in [0, 0.1) is 0 Å². The Morgan fingerprint density at radius 3 is 3.00 bits per heavy atom. The first-order chi connectivity index (χ1) is 8.85. The standard InChI is InChI=1S/C16H25NO/c1-3-17-15(12-18-2)11-14-9-6-8-13-7-4-5-10-16(13)14/h4-5,7,10,14-15,17H,3,6,8-9,11-12H2,1-2H3. The zero-order valence-corrected chi connectivity index (χ0v) is 11.6. The molecule has 0 bridgehead atoms. The van der Waals surface area contributed by atoms with Gasteiger partial charge in [-0.05, 0) is 49.3 Å². The summed E-state index contributed by atoms with van der Waals surface area (Å²) in [5, 5.41) is 3.54. The molecule has 0 saturated heterocycles. The lowest BCUT2D eigenvalue weighted by molar-refractivity contribution is 0.158. The molecule has 2 atom stereocenters. The van der Waals surface area contributed by atoms with Crippen LogP contribution in [0.1, 0.15) is 43.2 Å². The number of methoxy groups -OCH3 is 1. The second kappa shape index (κ2) is 6.91. The number of rotatable bonds is 6. The van der Waals surface area contributed by atoms with Gasteiger partial charge in [-0.1, -0.05) is 31.2 Å². The quantitative estimate of drug-likeness (QED) is 0.834. The molecule has 0 aliphatic heterocycles. The summed E-state index contributed by atoms with van der Waals surface area (Å²) in [4.78, 5) is 0. The maximum absolute atomic E-state index is 5.32. The molecule has 0 amide bonds. The molecule has 2 heteroatoms. The molecule has 0 fully saturated rings. The van der Waals surface area contributed by atoms with Gasteiger partial charge in [0, 0.05) is 13.2 Å². The summed E-state index contributed by atoms with van der Waals surface area (Å²) in [5.41, 5.74) is 3.13. The molecule has 1 aliphatic carbocycles.